The first-order chi connectivity index (χ1) is 10.6. The van der Waals surface area contributed by atoms with Crippen molar-refractivity contribution in [3.63, 3.8) is 0 Å². The van der Waals surface area contributed by atoms with Crippen LogP contribution in [0.25, 0.3) is 0 Å². The largest absolute Gasteiger partial charge is 0.250 e. The molecule has 130 valence electrons. The Balaban J connectivity index is 1.73. The maximum absolute atomic E-state index is 14.3. The van der Waals surface area contributed by atoms with Crippen molar-refractivity contribution in [1.29, 1.82) is 0 Å². The second-order valence-corrected chi connectivity index (χ2v) is 8.02. The fraction of sp³-hybridized carbons (Fsp3) is 1.00. The quantitative estimate of drug-likeness (QED) is 0.435. The Bertz CT molecular complexity index is 297. The third-order valence-corrected chi connectivity index (χ3v) is 6.62. The lowest BCUT2D eigenvalue weighted by molar-refractivity contribution is -0.0860. The summed E-state index contributed by atoms with van der Waals surface area (Å²) >= 11 is 0. The van der Waals surface area contributed by atoms with Gasteiger partial charge in [-0.15, -0.1) is 0 Å². The highest BCUT2D eigenvalue weighted by atomic mass is 19.3. The molecule has 22 heavy (non-hydrogen) atoms. The Labute approximate surface area is 136 Å². The van der Waals surface area contributed by atoms with E-state index in [9.17, 15) is 8.78 Å². The summed E-state index contributed by atoms with van der Waals surface area (Å²) in [5, 5.41) is 0. The summed E-state index contributed by atoms with van der Waals surface area (Å²) in [6.07, 6.45) is 13.3. The molecule has 0 atom stereocenters. The zero-order valence-electron chi connectivity index (χ0n) is 14.8. The normalized spacial score (nSPS) is 33.8. The molecule has 0 aliphatic heterocycles. The average Bonchev–Trinajstić information content (AvgIpc) is 2.55. The van der Waals surface area contributed by atoms with E-state index in [0.29, 0.717) is 6.42 Å². The molecule has 0 unspecified atom stereocenters. The highest BCUT2D eigenvalue weighted by Gasteiger charge is 2.41. The van der Waals surface area contributed by atoms with E-state index in [1.165, 1.54) is 32.1 Å². The molecule has 0 radical (unpaired) electrons. The van der Waals surface area contributed by atoms with E-state index in [1.807, 2.05) is 0 Å². The van der Waals surface area contributed by atoms with Crippen LogP contribution in [0.15, 0.2) is 0 Å². The Kier molecular flexibility index (Phi) is 7.15. The summed E-state index contributed by atoms with van der Waals surface area (Å²) in [5.41, 5.74) is 0. The zero-order valence-corrected chi connectivity index (χ0v) is 14.8. The summed E-state index contributed by atoms with van der Waals surface area (Å²) in [5.74, 6) is -0.193. The van der Waals surface area contributed by atoms with Crippen LogP contribution < -0.4 is 0 Å². The molecule has 0 bridgehead atoms. The molecular weight excluding hydrogens is 278 g/mol. The summed E-state index contributed by atoms with van der Waals surface area (Å²) in [7, 11) is 0. The highest BCUT2D eigenvalue weighted by molar-refractivity contribution is 4.86. The number of hydrogen-bond acceptors (Lipinski definition) is 0. The van der Waals surface area contributed by atoms with E-state index in [2.05, 4.69) is 13.8 Å². The number of hydrogen-bond donors (Lipinski definition) is 0. The molecule has 0 aromatic heterocycles. The molecule has 0 aromatic rings. The zero-order chi connectivity index (χ0) is 16.0. The van der Waals surface area contributed by atoms with E-state index in [0.717, 1.165) is 56.3 Å². The molecule has 0 spiro atoms. The van der Waals surface area contributed by atoms with Crippen LogP contribution in [0.4, 0.5) is 8.78 Å². The fourth-order valence-electron chi connectivity index (χ4n) is 4.90. The minimum Gasteiger partial charge on any atom is -0.207 e. The smallest absolute Gasteiger partial charge is 0.207 e. The van der Waals surface area contributed by atoms with Crippen LogP contribution in [0.1, 0.15) is 97.3 Å². The summed E-state index contributed by atoms with van der Waals surface area (Å²) in [6, 6.07) is 0. The Morgan fingerprint density at radius 1 is 0.773 bits per heavy atom. The molecule has 2 heteroatoms. The van der Waals surface area contributed by atoms with Gasteiger partial charge in [0, 0.05) is 12.3 Å². The lowest BCUT2D eigenvalue weighted by Gasteiger charge is -2.39. The second-order valence-electron chi connectivity index (χ2n) is 8.02. The minimum absolute atomic E-state index is 0.123. The van der Waals surface area contributed by atoms with Gasteiger partial charge < -0.3 is 0 Å². The first-order valence-electron chi connectivity index (χ1n) is 9.94. The van der Waals surface area contributed by atoms with Crippen LogP contribution >= 0.6 is 0 Å². The Morgan fingerprint density at radius 2 is 1.32 bits per heavy atom. The van der Waals surface area contributed by atoms with Gasteiger partial charge in [0.25, 0.3) is 5.92 Å². The van der Waals surface area contributed by atoms with Gasteiger partial charge in [-0.05, 0) is 62.7 Å². The predicted octanol–water partition coefficient (Wildman–Crippen LogP) is 7.22. The molecule has 0 saturated heterocycles. The molecule has 0 N–H and O–H groups in total. The first kappa shape index (κ1) is 18.2. The molecule has 2 saturated carbocycles. The van der Waals surface area contributed by atoms with Crippen molar-refractivity contribution in [3.05, 3.63) is 0 Å². The second kappa shape index (κ2) is 8.64. The SMILES string of the molecule is CCCCCC(F)(F)C1CCC(C2CCC(CC)CC2)CC1. The van der Waals surface area contributed by atoms with Crippen molar-refractivity contribution in [2.24, 2.45) is 23.7 Å². The lowest BCUT2D eigenvalue weighted by atomic mass is 9.68. The molecule has 2 aliphatic carbocycles. The Hall–Kier alpha value is -0.140. The summed E-state index contributed by atoms with van der Waals surface area (Å²) in [4.78, 5) is 0. The van der Waals surface area contributed by atoms with E-state index in [4.69, 9.17) is 0 Å². The topological polar surface area (TPSA) is 0 Å². The highest BCUT2D eigenvalue weighted by Crippen LogP contribution is 2.46. The van der Waals surface area contributed by atoms with E-state index >= 15 is 0 Å². The van der Waals surface area contributed by atoms with E-state index < -0.39 is 5.92 Å². The Morgan fingerprint density at radius 3 is 1.82 bits per heavy atom. The van der Waals surface area contributed by atoms with E-state index in [1.54, 1.807) is 0 Å². The standard InChI is InChI=1S/C20H36F2/c1-3-5-6-15-20(21,22)19-13-11-18(12-14-19)17-9-7-16(4-2)8-10-17/h16-19H,3-15H2,1-2H3. The van der Waals surface area contributed by atoms with Gasteiger partial charge >= 0.3 is 0 Å². The molecule has 0 aromatic carbocycles. The van der Waals surface area contributed by atoms with Crippen molar-refractivity contribution < 1.29 is 8.78 Å². The van der Waals surface area contributed by atoms with Crippen LogP contribution in [0.2, 0.25) is 0 Å². The predicted molar refractivity (Wildman–Crippen MR) is 90.3 cm³/mol. The molecule has 0 nitrogen and oxygen atoms in total. The van der Waals surface area contributed by atoms with Gasteiger partial charge in [0.15, 0.2) is 0 Å². The third-order valence-electron chi connectivity index (χ3n) is 6.62. The molecule has 0 amide bonds. The van der Waals surface area contributed by atoms with Crippen LogP contribution in [0, 0.1) is 23.7 Å². The molecular formula is C20H36F2. The average molecular weight is 315 g/mol. The van der Waals surface area contributed by atoms with Gasteiger partial charge in [-0.3, -0.25) is 0 Å². The fourth-order valence-corrected chi connectivity index (χ4v) is 4.90. The maximum atomic E-state index is 14.3. The van der Waals surface area contributed by atoms with Gasteiger partial charge in [0.05, 0.1) is 0 Å². The van der Waals surface area contributed by atoms with Gasteiger partial charge in [0.1, 0.15) is 0 Å². The third kappa shape index (κ3) is 4.93. The summed E-state index contributed by atoms with van der Waals surface area (Å²) < 4.78 is 28.6. The molecule has 0 heterocycles. The number of unbranched alkanes of at least 4 members (excludes halogenated alkanes) is 2. The minimum atomic E-state index is -2.40. The van der Waals surface area contributed by atoms with Crippen LogP contribution in [-0.4, -0.2) is 5.92 Å². The van der Waals surface area contributed by atoms with Gasteiger partial charge in [-0.2, -0.15) is 0 Å². The molecule has 2 aliphatic rings. The first-order valence-corrected chi connectivity index (χ1v) is 9.94. The monoisotopic (exact) mass is 314 g/mol. The maximum Gasteiger partial charge on any atom is 0.250 e. The van der Waals surface area contributed by atoms with Crippen molar-refractivity contribution >= 4 is 0 Å². The molecule has 2 rings (SSSR count). The van der Waals surface area contributed by atoms with Crippen molar-refractivity contribution in [2.45, 2.75) is 103 Å². The molecule has 2 fully saturated rings. The van der Waals surface area contributed by atoms with Gasteiger partial charge in [-0.25, -0.2) is 8.78 Å². The van der Waals surface area contributed by atoms with Crippen molar-refractivity contribution in [1.82, 2.24) is 0 Å². The van der Waals surface area contributed by atoms with Crippen molar-refractivity contribution in [3.8, 4) is 0 Å². The lowest BCUT2D eigenvalue weighted by Crippen LogP contribution is -2.34. The number of alkyl halides is 2. The van der Waals surface area contributed by atoms with Crippen LogP contribution in [-0.2, 0) is 0 Å². The van der Waals surface area contributed by atoms with Crippen LogP contribution in [0.3, 0.4) is 0 Å². The number of rotatable bonds is 7. The number of halogens is 2. The van der Waals surface area contributed by atoms with Crippen molar-refractivity contribution in [2.75, 3.05) is 0 Å². The van der Waals surface area contributed by atoms with E-state index in [-0.39, 0.29) is 12.3 Å². The summed E-state index contributed by atoms with van der Waals surface area (Å²) in [6.45, 7) is 4.38. The van der Waals surface area contributed by atoms with Crippen LogP contribution in [0.5, 0.6) is 0 Å². The van der Waals surface area contributed by atoms with Gasteiger partial charge in [-0.1, -0.05) is 46.0 Å². The van der Waals surface area contributed by atoms with Gasteiger partial charge in [0.2, 0.25) is 0 Å².